The van der Waals surface area contributed by atoms with E-state index in [4.69, 9.17) is 9.15 Å². The minimum Gasteiger partial charge on any atom is -0.491 e. The molecule has 2 N–H and O–H groups in total. The van der Waals surface area contributed by atoms with Crippen LogP contribution < -0.4 is 15.4 Å². The Morgan fingerprint density at radius 1 is 1.16 bits per heavy atom. The summed E-state index contributed by atoms with van der Waals surface area (Å²) >= 11 is 0. The summed E-state index contributed by atoms with van der Waals surface area (Å²) in [6, 6.07) is 5.94. The van der Waals surface area contributed by atoms with Crippen molar-refractivity contribution < 1.29 is 13.9 Å². The Morgan fingerprint density at radius 2 is 1.97 bits per heavy atom. The SMILES string of the molecule is Cc1ncoc1C(=O)Nc1ccc(OC[C@H]2CCCCN2)c(-c2c(C)ncnc2C)c1. The third kappa shape index (κ3) is 4.74. The zero-order valence-electron chi connectivity index (χ0n) is 18.1. The highest BCUT2D eigenvalue weighted by atomic mass is 16.5. The topological polar surface area (TPSA) is 102 Å². The highest BCUT2D eigenvalue weighted by molar-refractivity contribution is 6.03. The number of hydrogen-bond acceptors (Lipinski definition) is 7. The van der Waals surface area contributed by atoms with Crippen LogP contribution in [0.15, 0.2) is 35.3 Å². The second-order valence-electron chi connectivity index (χ2n) is 7.81. The quantitative estimate of drug-likeness (QED) is 0.623. The van der Waals surface area contributed by atoms with Gasteiger partial charge in [0.25, 0.3) is 5.91 Å². The van der Waals surface area contributed by atoms with Gasteiger partial charge in [-0.1, -0.05) is 6.42 Å². The molecule has 0 aliphatic carbocycles. The summed E-state index contributed by atoms with van der Waals surface area (Å²) in [5.74, 6) is 0.585. The number of piperidine rings is 1. The number of carbonyl (C=O) groups excluding carboxylic acids is 1. The predicted molar refractivity (Wildman–Crippen MR) is 117 cm³/mol. The van der Waals surface area contributed by atoms with Crippen molar-refractivity contribution in [2.75, 3.05) is 18.5 Å². The fourth-order valence-corrected chi connectivity index (χ4v) is 3.88. The van der Waals surface area contributed by atoms with Gasteiger partial charge in [-0.2, -0.15) is 0 Å². The molecule has 1 atom stereocenters. The molecule has 8 nitrogen and oxygen atoms in total. The lowest BCUT2D eigenvalue weighted by Crippen LogP contribution is -2.38. The summed E-state index contributed by atoms with van der Waals surface area (Å²) in [5, 5.41) is 6.39. The molecular formula is C23H27N5O3. The second kappa shape index (κ2) is 9.26. The van der Waals surface area contributed by atoms with Gasteiger partial charge in [0.15, 0.2) is 6.39 Å². The van der Waals surface area contributed by atoms with E-state index in [1.165, 1.54) is 19.2 Å². The van der Waals surface area contributed by atoms with Gasteiger partial charge in [0.2, 0.25) is 5.76 Å². The Bertz CT molecular complexity index is 1050. The molecule has 8 heteroatoms. The molecule has 4 rings (SSSR count). The molecule has 1 amide bonds. The largest absolute Gasteiger partial charge is 0.491 e. The minimum absolute atomic E-state index is 0.195. The summed E-state index contributed by atoms with van der Waals surface area (Å²) in [6.07, 6.45) is 6.34. The molecule has 0 saturated carbocycles. The molecule has 3 heterocycles. The molecule has 1 aliphatic rings. The number of oxazole rings is 1. The number of hydrogen-bond donors (Lipinski definition) is 2. The lowest BCUT2D eigenvalue weighted by Gasteiger charge is -2.24. The van der Waals surface area contributed by atoms with Crippen LogP contribution in [0.4, 0.5) is 5.69 Å². The van der Waals surface area contributed by atoms with Gasteiger partial charge in [-0.3, -0.25) is 4.79 Å². The molecule has 1 aromatic carbocycles. The number of benzene rings is 1. The number of nitrogens with zero attached hydrogens (tertiary/aromatic N) is 3. The first-order valence-corrected chi connectivity index (χ1v) is 10.5. The maximum Gasteiger partial charge on any atom is 0.293 e. The van der Waals surface area contributed by atoms with Crippen molar-refractivity contribution >= 4 is 11.6 Å². The van der Waals surface area contributed by atoms with Crippen molar-refractivity contribution in [3.05, 3.63) is 53.8 Å². The minimum atomic E-state index is -0.348. The number of ether oxygens (including phenoxy) is 1. The highest BCUT2D eigenvalue weighted by Crippen LogP contribution is 2.36. The van der Waals surface area contributed by atoms with Crippen LogP contribution in [0.25, 0.3) is 11.1 Å². The summed E-state index contributed by atoms with van der Waals surface area (Å²) in [6.45, 7) is 7.23. The number of aryl methyl sites for hydroxylation is 3. The first-order chi connectivity index (χ1) is 15.0. The van der Waals surface area contributed by atoms with Gasteiger partial charge in [0.1, 0.15) is 18.7 Å². The van der Waals surface area contributed by atoms with Gasteiger partial charge in [-0.25, -0.2) is 15.0 Å². The number of carbonyl (C=O) groups is 1. The normalized spacial score (nSPS) is 16.2. The van der Waals surface area contributed by atoms with Crippen LogP contribution in [0.5, 0.6) is 5.75 Å². The molecule has 162 valence electrons. The number of nitrogens with one attached hydrogen (secondary N) is 2. The summed E-state index contributed by atoms with van der Waals surface area (Å²) < 4.78 is 11.4. The van der Waals surface area contributed by atoms with Crippen LogP contribution in [0.1, 0.15) is 46.9 Å². The third-order valence-electron chi connectivity index (χ3n) is 5.54. The summed E-state index contributed by atoms with van der Waals surface area (Å²) in [5.41, 5.74) is 4.62. The smallest absolute Gasteiger partial charge is 0.293 e. The molecule has 1 aliphatic heterocycles. The van der Waals surface area contributed by atoms with Crippen LogP contribution >= 0.6 is 0 Å². The van der Waals surface area contributed by atoms with E-state index in [0.717, 1.165) is 41.2 Å². The summed E-state index contributed by atoms with van der Waals surface area (Å²) in [7, 11) is 0. The maximum atomic E-state index is 12.6. The number of rotatable bonds is 6. The van der Waals surface area contributed by atoms with Crippen molar-refractivity contribution in [2.24, 2.45) is 0 Å². The lowest BCUT2D eigenvalue weighted by molar-refractivity contribution is 0.0996. The van der Waals surface area contributed by atoms with E-state index in [2.05, 4.69) is 25.6 Å². The van der Waals surface area contributed by atoms with E-state index in [-0.39, 0.29) is 11.7 Å². The molecule has 0 unspecified atom stereocenters. The standard InChI is InChI=1S/C23H27N5O3/c1-14-21(15(2)26-12-25-14)19-10-17(28-23(29)22-16(3)27-13-31-22)7-8-20(19)30-11-18-6-4-5-9-24-18/h7-8,10,12-13,18,24H,4-6,9,11H2,1-3H3,(H,28,29)/t18-/m1/s1. The Morgan fingerprint density at radius 3 is 2.65 bits per heavy atom. The Labute approximate surface area is 181 Å². The van der Waals surface area contributed by atoms with E-state index in [0.29, 0.717) is 24.0 Å². The molecule has 0 spiro atoms. The highest BCUT2D eigenvalue weighted by Gasteiger charge is 2.19. The van der Waals surface area contributed by atoms with E-state index in [1.807, 2.05) is 32.0 Å². The molecule has 31 heavy (non-hydrogen) atoms. The van der Waals surface area contributed by atoms with Crippen molar-refractivity contribution in [3.8, 4) is 16.9 Å². The van der Waals surface area contributed by atoms with Crippen LogP contribution in [0.3, 0.4) is 0 Å². The van der Waals surface area contributed by atoms with Crippen molar-refractivity contribution in [3.63, 3.8) is 0 Å². The molecule has 0 radical (unpaired) electrons. The van der Waals surface area contributed by atoms with Crippen LogP contribution in [-0.4, -0.2) is 40.1 Å². The van der Waals surface area contributed by atoms with Crippen LogP contribution in [0, 0.1) is 20.8 Å². The van der Waals surface area contributed by atoms with Crippen molar-refractivity contribution in [1.29, 1.82) is 0 Å². The Kier molecular flexibility index (Phi) is 6.27. The van der Waals surface area contributed by atoms with Crippen molar-refractivity contribution in [2.45, 2.75) is 46.1 Å². The van der Waals surface area contributed by atoms with Crippen LogP contribution in [0.2, 0.25) is 0 Å². The molecule has 3 aromatic rings. The van der Waals surface area contributed by atoms with E-state index in [1.54, 1.807) is 13.3 Å². The van der Waals surface area contributed by atoms with Crippen LogP contribution in [-0.2, 0) is 0 Å². The number of anilines is 1. The van der Waals surface area contributed by atoms with Gasteiger partial charge in [0.05, 0.1) is 5.69 Å². The zero-order chi connectivity index (χ0) is 21.8. The molecule has 1 saturated heterocycles. The average Bonchev–Trinajstić information content (AvgIpc) is 3.20. The van der Waals surface area contributed by atoms with Gasteiger partial charge in [-0.05, 0) is 58.4 Å². The van der Waals surface area contributed by atoms with Gasteiger partial charge in [0, 0.05) is 34.2 Å². The van der Waals surface area contributed by atoms with E-state index in [9.17, 15) is 4.79 Å². The Hall–Kier alpha value is -3.26. The molecule has 2 aromatic heterocycles. The fourth-order valence-electron chi connectivity index (χ4n) is 3.88. The van der Waals surface area contributed by atoms with E-state index >= 15 is 0 Å². The first-order valence-electron chi connectivity index (χ1n) is 10.5. The zero-order valence-corrected chi connectivity index (χ0v) is 18.1. The Balaban J connectivity index is 1.64. The molecule has 0 bridgehead atoms. The second-order valence-corrected chi connectivity index (χ2v) is 7.81. The summed E-state index contributed by atoms with van der Waals surface area (Å²) in [4.78, 5) is 25.3. The van der Waals surface area contributed by atoms with E-state index < -0.39 is 0 Å². The third-order valence-corrected chi connectivity index (χ3v) is 5.54. The monoisotopic (exact) mass is 421 g/mol. The van der Waals surface area contributed by atoms with Crippen molar-refractivity contribution in [1.82, 2.24) is 20.3 Å². The van der Waals surface area contributed by atoms with Gasteiger partial charge in [-0.15, -0.1) is 0 Å². The first kappa shape index (κ1) is 21.0. The number of aromatic nitrogens is 3. The lowest BCUT2D eigenvalue weighted by atomic mass is 10.0. The fraction of sp³-hybridized carbons (Fsp3) is 0.391. The maximum absolute atomic E-state index is 12.6. The number of amides is 1. The van der Waals surface area contributed by atoms with Gasteiger partial charge < -0.3 is 19.8 Å². The predicted octanol–water partition coefficient (Wildman–Crippen LogP) is 3.83. The molecule has 1 fully saturated rings. The molecular weight excluding hydrogens is 394 g/mol. The average molecular weight is 422 g/mol. The van der Waals surface area contributed by atoms with Gasteiger partial charge >= 0.3 is 0 Å².